The molecule has 1 aromatic rings. The fourth-order valence-electron chi connectivity index (χ4n) is 3.68. The summed E-state index contributed by atoms with van der Waals surface area (Å²) in [6.07, 6.45) is -7.67. The first kappa shape index (κ1) is 17.5. The van der Waals surface area contributed by atoms with E-state index in [0.29, 0.717) is 13.1 Å². The van der Waals surface area contributed by atoms with Crippen molar-refractivity contribution in [3.05, 3.63) is 34.9 Å². The number of alkyl halides is 6. The third-order valence-electron chi connectivity index (χ3n) is 4.90. The Balaban J connectivity index is 1.82. The lowest BCUT2D eigenvalue weighted by Gasteiger charge is -2.23. The minimum absolute atomic E-state index is 0.0557. The molecular weight excluding hydrogens is 334 g/mol. The van der Waals surface area contributed by atoms with Crippen LogP contribution in [0.3, 0.4) is 0 Å². The van der Waals surface area contributed by atoms with Gasteiger partial charge in [0.15, 0.2) is 0 Å². The quantitative estimate of drug-likeness (QED) is 0.812. The van der Waals surface area contributed by atoms with E-state index in [9.17, 15) is 26.3 Å². The normalized spacial score (nSPS) is 25.8. The molecule has 2 heterocycles. The van der Waals surface area contributed by atoms with Gasteiger partial charge in [0, 0.05) is 19.6 Å². The topological polar surface area (TPSA) is 15.3 Å². The fraction of sp³-hybridized carbons (Fsp3) is 0.625. The third kappa shape index (κ3) is 3.69. The van der Waals surface area contributed by atoms with Gasteiger partial charge < -0.3 is 5.32 Å². The van der Waals surface area contributed by atoms with Crippen LogP contribution in [0, 0.1) is 5.41 Å². The molecule has 24 heavy (non-hydrogen) atoms. The van der Waals surface area contributed by atoms with E-state index in [1.165, 1.54) is 0 Å². The van der Waals surface area contributed by atoms with Crippen LogP contribution in [0.2, 0.25) is 0 Å². The Morgan fingerprint density at radius 3 is 2.08 bits per heavy atom. The molecule has 134 valence electrons. The van der Waals surface area contributed by atoms with Crippen molar-refractivity contribution < 1.29 is 26.3 Å². The first-order valence-corrected chi connectivity index (χ1v) is 7.79. The SMILES string of the molecule is FC(F)(F)c1cc(CN2CCC3(CCNC3)C2)cc(C(F)(F)F)c1. The van der Waals surface area contributed by atoms with Crippen LogP contribution in [0.5, 0.6) is 0 Å². The van der Waals surface area contributed by atoms with Crippen molar-refractivity contribution in [1.82, 2.24) is 10.2 Å². The van der Waals surface area contributed by atoms with Crippen LogP contribution in [0.1, 0.15) is 29.5 Å². The van der Waals surface area contributed by atoms with Crippen molar-refractivity contribution in [2.75, 3.05) is 26.2 Å². The largest absolute Gasteiger partial charge is 0.416 e. The molecule has 2 fully saturated rings. The van der Waals surface area contributed by atoms with Crippen LogP contribution in [0.4, 0.5) is 26.3 Å². The predicted molar refractivity (Wildman–Crippen MR) is 76.3 cm³/mol. The second-order valence-electron chi connectivity index (χ2n) is 6.80. The first-order chi connectivity index (χ1) is 11.1. The summed E-state index contributed by atoms with van der Waals surface area (Å²) in [5.41, 5.74) is -2.32. The maximum Gasteiger partial charge on any atom is 0.416 e. The molecule has 1 aromatic carbocycles. The smallest absolute Gasteiger partial charge is 0.316 e. The van der Waals surface area contributed by atoms with Gasteiger partial charge in [-0.25, -0.2) is 0 Å². The van der Waals surface area contributed by atoms with Gasteiger partial charge in [0.2, 0.25) is 0 Å². The number of nitrogens with one attached hydrogen (secondary N) is 1. The molecule has 0 aliphatic carbocycles. The zero-order valence-electron chi connectivity index (χ0n) is 12.9. The van der Waals surface area contributed by atoms with Gasteiger partial charge in [0.1, 0.15) is 0 Å². The zero-order valence-corrected chi connectivity index (χ0v) is 12.9. The van der Waals surface area contributed by atoms with Crippen LogP contribution in [-0.2, 0) is 18.9 Å². The number of benzene rings is 1. The summed E-state index contributed by atoms with van der Waals surface area (Å²) in [5.74, 6) is 0. The molecular formula is C16H18F6N2. The van der Waals surface area contributed by atoms with Crippen LogP contribution < -0.4 is 5.32 Å². The number of hydrogen-bond donors (Lipinski definition) is 1. The molecule has 2 aliphatic heterocycles. The van der Waals surface area contributed by atoms with Gasteiger partial charge in [0.25, 0.3) is 0 Å². The number of rotatable bonds is 2. The highest BCUT2D eigenvalue weighted by atomic mass is 19.4. The predicted octanol–water partition coefficient (Wildman–Crippen LogP) is 3.91. The summed E-state index contributed by atoms with van der Waals surface area (Å²) in [6, 6.07) is 1.83. The molecule has 2 saturated heterocycles. The Morgan fingerprint density at radius 2 is 1.58 bits per heavy atom. The monoisotopic (exact) mass is 352 g/mol. The summed E-state index contributed by atoms with van der Waals surface area (Å²) in [6.45, 7) is 3.28. The number of halogens is 6. The first-order valence-electron chi connectivity index (χ1n) is 7.79. The van der Waals surface area contributed by atoms with E-state index >= 15 is 0 Å². The van der Waals surface area contributed by atoms with Crippen molar-refractivity contribution >= 4 is 0 Å². The summed E-state index contributed by atoms with van der Waals surface area (Å²) < 4.78 is 77.4. The Kier molecular flexibility index (Phi) is 4.32. The average Bonchev–Trinajstić information content (AvgIpc) is 3.07. The molecule has 0 saturated carbocycles. The van der Waals surface area contributed by atoms with Crippen LogP contribution >= 0.6 is 0 Å². The summed E-state index contributed by atoms with van der Waals surface area (Å²) in [7, 11) is 0. The number of hydrogen-bond acceptors (Lipinski definition) is 2. The molecule has 1 spiro atoms. The Labute approximate surface area is 135 Å². The van der Waals surface area contributed by atoms with E-state index < -0.39 is 23.5 Å². The van der Waals surface area contributed by atoms with Gasteiger partial charge in [0.05, 0.1) is 11.1 Å². The van der Waals surface area contributed by atoms with Gasteiger partial charge in [-0.3, -0.25) is 4.90 Å². The Bertz CT molecular complexity index is 569. The van der Waals surface area contributed by atoms with Gasteiger partial charge in [-0.1, -0.05) is 0 Å². The second kappa shape index (κ2) is 5.91. The molecule has 1 N–H and O–H groups in total. The van der Waals surface area contributed by atoms with E-state index in [1.807, 2.05) is 4.90 Å². The zero-order chi connectivity index (χ0) is 17.6. The maximum atomic E-state index is 12.9. The molecule has 0 radical (unpaired) electrons. The van der Waals surface area contributed by atoms with Crippen molar-refractivity contribution in [2.24, 2.45) is 5.41 Å². The number of nitrogens with zero attached hydrogens (tertiary/aromatic N) is 1. The highest BCUT2D eigenvalue weighted by Crippen LogP contribution is 2.39. The summed E-state index contributed by atoms with van der Waals surface area (Å²) in [5, 5.41) is 3.27. The molecule has 2 aliphatic rings. The molecule has 1 atom stereocenters. The minimum Gasteiger partial charge on any atom is -0.316 e. The maximum absolute atomic E-state index is 12.9. The molecule has 2 nitrogen and oxygen atoms in total. The Hall–Kier alpha value is -1.28. The molecule has 8 heteroatoms. The molecule has 1 unspecified atom stereocenters. The van der Waals surface area contributed by atoms with Crippen LogP contribution in [-0.4, -0.2) is 31.1 Å². The third-order valence-corrected chi connectivity index (χ3v) is 4.90. The molecule has 0 amide bonds. The number of likely N-dealkylation sites (tertiary alicyclic amines) is 1. The lowest BCUT2D eigenvalue weighted by Crippen LogP contribution is -2.29. The lowest BCUT2D eigenvalue weighted by molar-refractivity contribution is -0.143. The molecule has 0 bridgehead atoms. The van der Waals surface area contributed by atoms with E-state index in [-0.39, 0.29) is 23.6 Å². The van der Waals surface area contributed by atoms with Gasteiger partial charge in [-0.15, -0.1) is 0 Å². The minimum atomic E-state index is -4.79. The van der Waals surface area contributed by atoms with Crippen molar-refractivity contribution in [1.29, 1.82) is 0 Å². The van der Waals surface area contributed by atoms with E-state index in [1.54, 1.807) is 0 Å². The van der Waals surface area contributed by atoms with Gasteiger partial charge in [-0.05, 0) is 55.1 Å². The van der Waals surface area contributed by atoms with E-state index in [2.05, 4.69) is 5.32 Å². The van der Waals surface area contributed by atoms with E-state index in [4.69, 9.17) is 0 Å². The van der Waals surface area contributed by atoms with Crippen molar-refractivity contribution in [2.45, 2.75) is 31.7 Å². The van der Waals surface area contributed by atoms with Crippen LogP contribution in [0.25, 0.3) is 0 Å². The van der Waals surface area contributed by atoms with Crippen molar-refractivity contribution in [3.63, 3.8) is 0 Å². The second-order valence-corrected chi connectivity index (χ2v) is 6.80. The standard InChI is InChI=1S/C16H18F6N2/c17-15(18,19)12-5-11(6-13(7-12)16(20,21)22)8-24-4-2-14(10-24)1-3-23-9-14/h5-7,23H,1-4,8-10H2. The van der Waals surface area contributed by atoms with E-state index in [0.717, 1.165) is 38.1 Å². The summed E-state index contributed by atoms with van der Waals surface area (Å²) in [4.78, 5) is 1.95. The van der Waals surface area contributed by atoms with Gasteiger partial charge >= 0.3 is 12.4 Å². The molecule has 3 rings (SSSR count). The highest BCUT2D eigenvalue weighted by molar-refractivity contribution is 5.33. The van der Waals surface area contributed by atoms with Gasteiger partial charge in [-0.2, -0.15) is 26.3 Å². The summed E-state index contributed by atoms with van der Waals surface area (Å²) >= 11 is 0. The average molecular weight is 352 g/mol. The van der Waals surface area contributed by atoms with Crippen molar-refractivity contribution in [3.8, 4) is 0 Å². The molecule has 0 aromatic heterocycles. The Morgan fingerprint density at radius 1 is 0.958 bits per heavy atom. The lowest BCUT2D eigenvalue weighted by atomic mass is 9.86. The van der Waals surface area contributed by atoms with Crippen LogP contribution in [0.15, 0.2) is 18.2 Å². The highest BCUT2D eigenvalue weighted by Gasteiger charge is 2.41. The fourth-order valence-corrected chi connectivity index (χ4v) is 3.68.